The SMILES string of the molecule is CC(=O)NC1(c2ccccc2)CCN(CCCC(C(=O)NC2CCCCC2)c2ccc(Cl)c(Cl)c2)CC1. The maximum atomic E-state index is 13.4. The highest BCUT2D eigenvalue weighted by molar-refractivity contribution is 6.42. The Hall–Kier alpha value is -2.08. The summed E-state index contributed by atoms with van der Waals surface area (Å²) < 4.78 is 0. The van der Waals surface area contributed by atoms with Gasteiger partial charge in [-0.25, -0.2) is 0 Å². The molecular formula is C30H39Cl2N3O2. The number of rotatable bonds is 9. The number of likely N-dealkylation sites (tertiary alicyclic amines) is 1. The average molecular weight is 545 g/mol. The van der Waals surface area contributed by atoms with E-state index in [9.17, 15) is 9.59 Å². The Kier molecular flexibility index (Phi) is 9.91. The Morgan fingerprint density at radius 1 is 1.00 bits per heavy atom. The first-order valence-electron chi connectivity index (χ1n) is 13.7. The second-order valence-corrected chi connectivity index (χ2v) is 11.5. The fraction of sp³-hybridized carbons (Fsp3) is 0.533. The number of carbonyl (C=O) groups is 2. The Balaban J connectivity index is 1.37. The summed E-state index contributed by atoms with van der Waals surface area (Å²) in [4.78, 5) is 27.9. The second-order valence-electron chi connectivity index (χ2n) is 10.7. The van der Waals surface area contributed by atoms with Crippen LogP contribution in [0.2, 0.25) is 10.0 Å². The lowest BCUT2D eigenvalue weighted by Crippen LogP contribution is -2.52. The van der Waals surface area contributed by atoms with Crippen molar-refractivity contribution in [2.24, 2.45) is 0 Å². The summed E-state index contributed by atoms with van der Waals surface area (Å²) in [7, 11) is 0. The number of nitrogens with zero attached hydrogens (tertiary/aromatic N) is 1. The van der Waals surface area contributed by atoms with E-state index in [4.69, 9.17) is 23.2 Å². The molecule has 2 amide bonds. The molecule has 1 saturated carbocycles. The molecule has 2 aliphatic rings. The number of benzene rings is 2. The van der Waals surface area contributed by atoms with Crippen molar-refractivity contribution in [1.82, 2.24) is 15.5 Å². The molecule has 0 aromatic heterocycles. The Morgan fingerprint density at radius 2 is 1.70 bits per heavy atom. The van der Waals surface area contributed by atoms with E-state index in [1.165, 1.54) is 24.8 Å². The maximum Gasteiger partial charge on any atom is 0.227 e. The van der Waals surface area contributed by atoms with Gasteiger partial charge in [-0.15, -0.1) is 0 Å². The van der Waals surface area contributed by atoms with Gasteiger partial charge in [-0.3, -0.25) is 9.59 Å². The standard InChI is InChI=1S/C30H39Cl2N3O2/c1-22(36)34-30(24-9-4-2-5-10-24)16-19-35(20-17-30)18-8-13-26(23-14-15-27(31)28(32)21-23)29(37)33-25-11-6-3-7-12-25/h2,4-5,9-10,14-15,21,25-26H,3,6-8,11-13,16-20H2,1H3,(H,33,37)(H,34,36). The molecule has 1 aliphatic heterocycles. The number of carbonyl (C=O) groups excluding carboxylic acids is 2. The van der Waals surface area contributed by atoms with Crippen LogP contribution in [0.3, 0.4) is 0 Å². The number of piperidine rings is 1. The van der Waals surface area contributed by atoms with Crippen LogP contribution >= 0.6 is 23.2 Å². The van der Waals surface area contributed by atoms with Crippen molar-refractivity contribution in [3.05, 3.63) is 69.7 Å². The van der Waals surface area contributed by atoms with E-state index in [0.717, 1.165) is 63.7 Å². The van der Waals surface area contributed by atoms with E-state index in [0.29, 0.717) is 10.0 Å². The van der Waals surface area contributed by atoms with E-state index in [2.05, 4.69) is 27.7 Å². The van der Waals surface area contributed by atoms with Gasteiger partial charge >= 0.3 is 0 Å². The zero-order valence-corrected chi connectivity index (χ0v) is 23.3. The molecule has 0 bridgehead atoms. The van der Waals surface area contributed by atoms with Crippen LogP contribution in [0.4, 0.5) is 0 Å². The first-order valence-corrected chi connectivity index (χ1v) is 14.4. The third-order valence-corrected chi connectivity index (χ3v) is 8.77. The molecule has 2 N–H and O–H groups in total. The lowest BCUT2D eigenvalue weighted by molar-refractivity contribution is -0.123. The molecule has 4 rings (SSSR count). The van der Waals surface area contributed by atoms with E-state index in [-0.39, 0.29) is 29.3 Å². The molecule has 1 unspecified atom stereocenters. The van der Waals surface area contributed by atoms with Crippen molar-refractivity contribution < 1.29 is 9.59 Å². The number of halogens is 2. The van der Waals surface area contributed by atoms with Crippen molar-refractivity contribution >= 4 is 35.0 Å². The lowest BCUT2D eigenvalue weighted by atomic mass is 9.80. The maximum absolute atomic E-state index is 13.4. The molecule has 0 spiro atoms. The molecule has 37 heavy (non-hydrogen) atoms. The van der Waals surface area contributed by atoms with Gasteiger partial charge in [-0.2, -0.15) is 0 Å². The summed E-state index contributed by atoms with van der Waals surface area (Å²) in [6, 6.07) is 16.1. The fourth-order valence-electron chi connectivity index (χ4n) is 5.98. The molecule has 1 atom stereocenters. The van der Waals surface area contributed by atoms with Gasteiger partial charge in [0.2, 0.25) is 11.8 Å². The number of hydrogen-bond acceptors (Lipinski definition) is 3. The van der Waals surface area contributed by atoms with Crippen LogP contribution in [0.15, 0.2) is 48.5 Å². The minimum absolute atomic E-state index is 0.00532. The van der Waals surface area contributed by atoms with Gasteiger partial charge in [0.15, 0.2) is 0 Å². The highest BCUT2D eigenvalue weighted by Gasteiger charge is 2.36. The third kappa shape index (κ3) is 7.49. The monoisotopic (exact) mass is 543 g/mol. The molecule has 1 saturated heterocycles. The zero-order valence-electron chi connectivity index (χ0n) is 21.8. The van der Waals surface area contributed by atoms with Crippen molar-refractivity contribution in [2.75, 3.05) is 19.6 Å². The van der Waals surface area contributed by atoms with Crippen molar-refractivity contribution in [3.8, 4) is 0 Å². The molecular weight excluding hydrogens is 505 g/mol. The molecule has 1 heterocycles. The summed E-state index contributed by atoms with van der Waals surface area (Å²) in [5.74, 6) is -0.146. The van der Waals surface area contributed by atoms with Gasteiger partial charge in [-0.1, -0.05) is 78.9 Å². The molecule has 2 aromatic rings. The van der Waals surface area contributed by atoms with E-state index in [1.807, 2.05) is 30.3 Å². The quantitative estimate of drug-likeness (QED) is 0.382. The van der Waals surface area contributed by atoms with Gasteiger partial charge in [0.25, 0.3) is 0 Å². The first kappa shape index (κ1) is 27.9. The number of hydrogen-bond donors (Lipinski definition) is 2. The highest BCUT2D eigenvalue weighted by atomic mass is 35.5. The predicted octanol–water partition coefficient (Wildman–Crippen LogP) is 6.43. The molecule has 2 fully saturated rings. The van der Waals surface area contributed by atoms with Crippen molar-refractivity contribution in [2.45, 2.75) is 82.2 Å². The van der Waals surface area contributed by atoms with Gasteiger partial charge < -0.3 is 15.5 Å². The number of nitrogens with one attached hydrogen (secondary N) is 2. The minimum atomic E-state index is -0.313. The molecule has 7 heteroatoms. The van der Waals surface area contributed by atoms with Crippen LogP contribution in [-0.4, -0.2) is 42.4 Å². The Bertz CT molecular complexity index is 1050. The van der Waals surface area contributed by atoms with Crippen LogP contribution in [0.1, 0.15) is 81.8 Å². The summed E-state index contributed by atoms with van der Waals surface area (Å²) >= 11 is 12.5. The number of amides is 2. The van der Waals surface area contributed by atoms with Gasteiger partial charge in [-0.05, 0) is 68.3 Å². The van der Waals surface area contributed by atoms with Crippen molar-refractivity contribution in [3.63, 3.8) is 0 Å². The third-order valence-electron chi connectivity index (χ3n) is 8.03. The summed E-state index contributed by atoms with van der Waals surface area (Å²) in [6.45, 7) is 4.32. The summed E-state index contributed by atoms with van der Waals surface area (Å²) in [6.07, 6.45) is 9.14. The van der Waals surface area contributed by atoms with Crippen LogP contribution in [-0.2, 0) is 15.1 Å². The van der Waals surface area contributed by atoms with Crippen LogP contribution in [0, 0.1) is 0 Å². The van der Waals surface area contributed by atoms with Gasteiger partial charge in [0.05, 0.1) is 21.5 Å². The topological polar surface area (TPSA) is 61.4 Å². The second kappa shape index (κ2) is 13.1. The molecule has 1 aliphatic carbocycles. The van der Waals surface area contributed by atoms with Crippen molar-refractivity contribution in [1.29, 1.82) is 0 Å². The van der Waals surface area contributed by atoms with Crippen LogP contribution in [0.5, 0.6) is 0 Å². The predicted molar refractivity (Wildman–Crippen MR) is 151 cm³/mol. The minimum Gasteiger partial charge on any atom is -0.353 e. The van der Waals surface area contributed by atoms with Gasteiger partial charge in [0, 0.05) is 26.1 Å². The van der Waals surface area contributed by atoms with E-state index >= 15 is 0 Å². The Morgan fingerprint density at radius 3 is 2.35 bits per heavy atom. The molecule has 2 aromatic carbocycles. The summed E-state index contributed by atoms with van der Waals surface area (Å²) in [5, 5.41) is 7.56. The van der Waals surface area contributed by atoms with E-state index < -0.39 is 0 Å². The van der Waals surface area contributed by atoms with Crippen LogP contribution in [0.25, 0.3) is 0 Å². The smallest absolute Gasteiger partial charge is 0.227 e. The lowest BCUT2D eigenvalue weighted by Gasteiger charge is -2.42. The van der Waals surface area contributed by atoms with E-state index in [1.54, 1.807) is 13.0 Å². The molecule has 200 valence electrons. The summed E-state index contributed by atoms with van der Waals surface area (Å²) in [5.41, 5.74) is 1.78. The fourth-order valence-corrected chi connectivity index (χ4v) is 6.29. The molecule has 0 radical (unpaired) electrons. The highest BCUT2D eigenvalue weighted by Crippen LogP contribution is 2.34. The molecule has 5 nitrogen and oxygen atoms in total. The zero-order chi connectivity index (χ0) is 26.3. The van der Waals surface area contributed by atoms with Crippen LogP contribution < -0.4 is 10.6 Å². The largest absolute Gasteiger partial charge is 0.353 e. The average Bonchev–Trinajstić information content (AvgIpc) is 2.90. The normalized spacial score (nSPS) is 19.2. The Labute approximate surface area is 231 Å². The van der Waals surface area contributed by atoms with Gasteiger partial charge in [0.1, 0.15) is 0 Å². The first-order chi connectivity index (χ1) is 17.9.